The van der Waals surface area contributed by atoms with E-state index in [0.29, 0.717) is 16.8 Å². The molecular weight excluding hydrogens is 322 g/mol. The Bertz CT molecular complexity index is 975. The monoisotopic (exact) mass is 337 g/mol. The second-order valence-corrected chi connectivity index (χ2v) is 5.25. The van der Waals surface area contributed by atoms with Crippen molar-refractivity contribution in [3.05, 3.63) is 87.2 Å². The molecule has 0 saturated heterocycles. The Labute approximate surface area is 142 Å². The van der Waals surface area contributed by atoms with Crippen LogP contribution in [0.4, 0.5) is 10.5 Å². The molecule has 1 aromatic heterocycles. The van der Waals surface area contributed by atoms with E-state index in [2.05, 4.69) is 15.3 Å². The van der Waals surface area contributed by atoms with E-state index >= 15 is 0 Å². The number of ether oxygens (including phenoxy) is 1. The van der Waals surface area contributed by atoms with Crippen molar-refractivity contribution < 1.29 is 9.53 Å². The maximum Gasteiger partial charge on any atom is 0.411 e. The van der Waals surface area contributed by atoms with E-state index in [-0.39, 0.29) is 6.61 Å². The van der Waals surface area contributed by atoms with Crippen LogP contribution in [0.5, 0.6) is 0 Å². The fraction of sp³-hybridized carbons (Fsp3) is 0.0556. The highest BCUT2D eigenvalue weighted by atomic mass is 16.5. The molecule has 0 bridgehead atoms. The molecule has 0 aliphatic rings. The minimum absolute atomic E-state index is 0.178. The van der Waals surface area contributed by atoms with Crippen LogP contribution >= 0.6 is 0 Å². The zero-order valence-corrected chi connectivity index (χ0v) is 13.1. The Morgan fingerprint density at radius 3 is 2.40 bits per heavy atom. The van der Waals surface area contributed by atoms with Crippen LogP contribution in [-0.2, 0) is 11.3 Å². The number of rotatable bonds is 4. The van der Waals surface area contributed by atoms with E-state index in [4.69, 9.17) is 4.74 Å². The minimum atomic E-state index is -0.571. The van der Waals surface area contributed by atoms with Crippen molar-refractivity contribution in [2.24, 2.45) is 0 Å². The molecule has 3 N–H and O–H groups in total. The standard InChI is InChI=1S/C18H15N3O4/c22-16-15(10-19-17(23)21-16)13-6-8-14(9-7-13)20-18(24)25-11-12-4-2-1-3-5-12/h1-10H,11H2,(H,20,24)(H2,19,21,22,23). The first kappa shape index (κ1) is 16.3. The second kappa shape index (κ2) is 7.31. The first-order valence-corrected chi connectivity index (χ1v) is 7.52. The molecule has 0 fully saturated rings. The number of benzene rings is 2. The molecule has 3 rings (SSSR count). The molecule has 0 spiro atoms. The summed E-state index contributed by atoms with van der Waals surface area (Å²) in [6.45, 7) is 0.178. The maximum atomic E-state index is 11.8. The molecule has 126 valence electrons. The highest BCUT2D eigenvalue weighted by Gasteiger charge is 2.06. The number of hydrogen-bond donors (Lipinski definition) is 3. The average Bonchev–Trinajstić information content (AvgIpc) is 2.62. The van der Waals surface area contributed by atoms with Crippen LogP contribution in [0, 0.1) is 0 Å². The third-order valence-electron chi connectivity index (χ3n) is 3.47. The van der Waals surface area contributed by atoms with E-state index in [9.17, 15) is 14.4 Å². The number of anilines is 1. The third kappa shape index (κ3) is 4.23. The quantitative estimate of drug-likeness (QED) is 0.680. The molecule has 2 aromatic carbocycles. The number of hydrogen-bond acceptors (Lipinski definition) is 4. The van der Waals surface area contributed by atoms with Gasteiger partial charge in [0.2, 0.25) is 0 Å². The summed E-state index contributed by atoms with van der Waals surface area (Å²) in [5.74, 6) is 0. The van der Waals surface area contributed by atoms with E-state index < -0.39 is 17.3 Å². The zero-order valence-electron chi connectivity index (χ0n) is 13.1. The van der Waals surface area contributed by atoms with Gasteiger partial charge in [-0.15, -0.1) is 0 Å². The van der Waals surface area contributed by atoms with Crippen molar-refractivity contribution in [1.29, 1.82) is 0 Å². The van der Waals surface area contributed by atoms with Gasteiger partial charge in [-0.05, 0) is 23.3 Å². The Kier molecular flexibility index (Phi) is 4.75. The molecule has 7 heteroatoms. The highest BCUT2D eigenvalue weighted by molar-refractivity contribution is 5.85. The number of carbonyl (C=O) groups is 1. The van der Waals surface area contributed by atoms with Crippen molar-refractivity contribution in [3.63, 3.8) is 0 Å². The van der Waals surface area contributed by atoms with Crippen molar-refractivity contribution in [2.45, 2.75) is 6.61 Å². The van der Waals surface area contributed by atoms with E-state index in [1.807, 2.05) is 30.3 Å². The molecule has 1 amide bonds. The Balaban J connectivity index is 1.63. The van der Waals surface area contributed by atoms with Crippen LogP contribution in [0.3, 0.4) is 0 Å². The summed E-state index contributed by atoms with van der Waals surface area (Å²) in [5.41, 5.74) is 1.33. The van der Waals surface area contributed by atoms with Crippen molar-refractivity contribution in [2.75, 3.05) is 5.32 Å². The molecule has 0 radical (unpaired) electrons. The highest BCUT2D eigenvalue weighted by Crippen LogP contribution is 2.17. The molecule has 0 saturated carbocycles. The molecule has 3 aromatic rings. The molecule has 7 nitrogen and oxygen atoms in total. The van der Waals surface area contributed by atoms with E-state index in [0.717, 1.165) is 5.56 Å². The maximum absolute atomic E-state index is 11.8. The van der Waals surface area contributed by atoms with Crippen molar-refractivity contribution in [3.8, 4) is 11.1 Å². The lowest BCUT2D eigenvalue weighted by Crippen LogP contribution is -2.22. The summed E-state index contributed by atoms with van der Waals surface area (Å²) in [5, 5.41) is 2.61. The largest absolute Gasteiger partial charge is 0.444 e. The fourth-order valence-electron chi connectivity index (χ4n) is 2.23. The number of carbonyl (C=O) groups excluding carboxylic acids is 1. The lowest BCUT2D eigenvalue weighted by Gasteiger charge is -2.08. The van der Waals surface area contributed by atoms with Gasteiger partial charge in [-0.1, -0.05) is 42.5 Å². The van der Waals surface area contributed by atoms with Crippen molar-refractivity contribution in [1.82, 2.24) is 9.97 Å². The van der Waals surface area contributed by atoms with Gasteiger partial charge in [-0.25, -0.2) is 9.59 Å². The van der Waals surface area contributed by atoms with Crippen LogP contribution in [0.15, 0.2) is 70.4 Å². The SMILES string of the molecule is O=C(Nc1ccc(-c2c[nH]c(=O)[nH]c2=O)cc1)OCc1ccccc1. The van der Waals surface area contributed by atoms with Gasteiger partial charge in [0.05, 0.1) is 5.56 Å². The molecule has 0 aliphatic heterocycles. The van der Waals surface area contributed by atoms with Crippen LogP contribution in [0.1, 0.15) is 5.56 Å². The van der Waals surface area contributed by atoms with Gasteiger partial charge in [-0.2, -0.15) is 0 Å². The molecule has 25 heavy (non-hydrogen) atoms. The lowest BCUT2D eigenvalue weighted by atomic mass is 10.1. The van der Waals surface area contributed by atoms with Crippen LogP contribution in [-0.4, -0.2) is 16.1 Å². The van der Waals surface area contributed by atoms with E-state index in [1.54, 1.807) is 24.3 Å². The average molecular weight is 337 g/mol. The molecule has 1 heterocycles. The topological polar surface area (TPSA) is 104 Å². The number of aromatic amines is 2. The zero-order chi connectivity index (χ0) is 17.6. The van der Waals surface area contributed by atoms with Gasteiger partial charge >= 0.3 is 11.8 Å². The molecule has 0 unspecified atom stereocenters. The summed E-state index contributed by atoms with van der Waals surface area (Å²) < 4.78 is 5.13. The Hall–Kier alpha value is -3.61. The van der Waals surface area contributed by atoms with Crippen LogP contribution in [0.25, 0.3) is 11.1 Å². The second-order valence-electron chi connectivity index (χ2n) is 5.25. The van der Waals surface area contributed by atoms with Gasteiger partial charge in [0.1, 0.15) is 6.61 Å². The lowest BCUT2D eigenvalue weighted by molar-refractivity contribution is 0.155. The summed E-state index contributed by atoms with van der Waals surface area (Å²) in [6.07, 6.45) is 0.774. The summed E-state index contributed by atoms with van der Waals surface area (Å²) >= 11 is 0. The van der Waals surface area contributed by atoms with Gasteiger partial charge in [-0.3, -0.25) is 15.1 Å². The predicted octanol–water partition coefficient (Wildman–Crippen LogP) is 2.48. The van der Waals surface area contributed by atoms with Gasteiger partial charge < -0.3 is 9.72 Å². The third-order valence-corrected chi connectivity index (χ3v) is 3.47. The van der Waals surface area contributed by atoms with Gasteiger partial charge in [0.25, 0.3) is 5.56 Å². The number of H-pyrrole nitrogens is 2. The normalized spacial score (nSPS) is 10.2. The smallest absolute Gasteiger partial charge is 0.411 e. The van der Waals surface area contributed by atoms with Crippen LogP contribution < -0.4 is 16.6 Å². The van der Waals surface area contributed by atoms with Gasteiger partial charge in [0, 0.05) is 11.9 Å². The summed E-state index contributed by atoms with van der Waals surface area (Å²) in [6, 6.07) is 16.0. The first-order chi connectivity index (χ1) is 12.1. The number of amides is 1. The summed E-state index contributed by atoms with van der Waals surface area (Å²) in [4.78, 5) is 39.2. The number of nitrogens with one attached hydrogen (secondary N) is 3. The first-order valence-electron chi connectivity index (χ1n) is 7.52. The van der Waals surface area contributed by atoms with E-state index in [1.165, 1.54) is 6.20 Å². The van der Waals surface area contributed by atoms with Crippen molar-refractivity contribution >= 4 is 11.8 Å². The Morgan fingerprint density at radius 1 is 1.00 bits per heavy atom. The Morgan fingerprint density at radius 2 is 1.72 bits per heavy atom. The molecule has 0 aliphatic carbocycles. The fourth-order valence-corrected chi connectivity index (χ4v) is 2.23. The summed E-state index contributed by atoms with van der Waals surface area (Å²) in [7, 11) is 0. The van der Waals surface area contributed by atoms with Crippen LogP contribution in [0.2, 0.25) is 0 Å². The molecule has 0 atom stereocenters. The predicted molar refractivity (Wildman–Crippen MR) is 93.4 cm³/mol. The van der Waals surface area contributed by atoms with Gasteiger partial charge in [0.15, 0.2) is 0 Å². The molecular formula is C18H15N3O4. The number of aromatic nitrogens is 2. The minimum Gasteiger partial charge on any atom is -0.444 e.